The zero-order valence-electron chi connectivity index (χ0n) is 8.93. The van der Waals surface area contributed by atoms with Crippen molar-refractivity contribution in [3.05, 3.63) is 24.0 Å². The van der Waals surface area contributed by atoms with Gasteiger partial charge in [-0.2, -0.15) is 0 Å². The Hall–Kier alpha value is -1.62. The number of rotatable bonds is 7. The van der Waals surface area contributed by atoms with Gasteiger partial charge >= 0.3 is 5.97 Å². The lowest BCUT2D eigenvalue weighted by molar-refractivity contribution is 0.0696. The molecule has 1 aromatic rings. The molecule has 5 nitrogen and oxygen atoms in total. The first-order valence-corrected chi connectivity index (χ1v) is 5.16. The van der Waals surface area contributed by atoms with Crippen molar-refractivity contribution in [3.8, 4) is 5.75 Å². The Morgan fingerprint density at radius 3 is 2.81 bits per heavy atom. The predicted molar refractivity (Wildman–Crippen MR) is 57.6 cm³/mol. The molecule has 0 saturated heterocycles. The topological polar surface area (TPSA) is 79.7 Å². The number of carbonyl (C=O) groups is 1. The van der Waals surface area contributed by atoms with Crippen molar-refractivity contribution in [2.45, 2.75) is 19.3 Å². The first-order valence-electron chi connectivity index (χ1n) is 5.16. The Morgan fingerprint density at radius 1 is 1.31 bits per heavy atom. The molecule has 0 radical (unpaired) electrons. The first-order chi connectivity index (χ1) is 7.74. The number of ether oxygens (including phenoxy) is 1. The third-order valence-electron chi connectivity index (χ3n) is 2.03. The summed E-state index contributed by atoms with van der Waals surface area (Å²) in [7, 11) is 0. The number of hydrogen-bond donors (Lipinski definition) is 2. The molecule has 0 amide bonds. The van der Waals surface area contributed by atoms with Gasteiger partial charge in [0.15, 0.2) is 0 Å². The van der Waals surface area contributed by atoms with E-state index in [2.05, 4.69) is 4.98 Å². The van der Waals surface area contributed by atoms with Crippen LogP contribution in [0.1, 0.15) is 29.6 Å². The second-order valence-electron chi connectivity index (χ2n) is 3.35. The van der Waals surface area contributed by atoms with Crippen LogP contribution in [0.2, 0.25) is 0 Å². The molecule has 5 heteroatoms. The third-order valence-corrected chi connectivity index (χ3v) is 2.03. The maximum atomic E-state index is 10.6. The number of aliphatic hydroxyl groups is 1. The van der Waals surface area contributed by atoms with E-state index in [9.17, 15) is 4.79 Å². The molecule has 0 bridgehead atoms. The monoisotopic (exact) mass is 225 g/mol. The van der Waals surface area contributed by atoms with Crippen LogP contribution < -0.4 is 4.74 Å². The number of aromatic nitrogens is 1. The summed E-state index contributed by atoms with van der Waals surface area (Å²) in [4.78, 5) is 14.4. The van der Waals surface area contributed by atoms with E-state index >= 15 is 0 Å². The van der Waals surface area contributed by atoms with E-state index in [-0.39, 0.29) is 12.2 Å². The number of nitrogens with zero attached hydrogens (tertiary/aromatic N) is 1. The fraction of sp³-hybridized carbons (Fsp3) is 0.455. The molecule has 0 aliphatic heterocycles. The van der Waals surface area contributed by atoms with Gasteiger partial charge in [0.2, 0.25) is 0 Å². The summed E-state index contributed by atoms with van der Waals surface area (Å²) in [5, 5.41) is 17.3. The van der Waals surface area contributed by atoms with Crippen LogP contribution in [0.15, 0.2) is 18.5 Å². The van der Waals surface area contributed by atoms with Crippen molar-refractivity contribution in [1.29, 1.82) is 0 Å². The van der Waals surface area contributed by atoms with Crippen LogP contribution in [-0.4, -0.2) is 34.4 Å². The fourth-order valence-corrected chi connectivity index (χ4v) is 1.20. The molecule has 0 saturated carbocycles. The molecule has 16 heavy (non-hydrogen) atoms. The second kappa shape index (κ2) is 6.79. The Labute approximate surface area is 93.7 Å². The highest BCUT2D eigenvalue weighted by Gasteiger charge is 2.04. The highest BCUT2D eigenvalue weighted by Crippen LogP contribution is 2.11. The van der Waals surface area contributed by atoms with Gasteiger partial charge in [0.1, 0.15) is 5.75 Å². The van der Waals surface area contributed by atoms with Gasteiger partial charge in [-0.15, -0.1) is 0 Å². The predicted octanol–water partition coefficient (Wildman–Crippen LogP) is 1.32. The normalized spacial score (nSPS) is 10.1. The van der Waals surface area contributed by atoms with E-state index in [0.29, 0.717) is 12.4 Å². The van der Waals surface area contributed by atoms with Gasteiger partial charge in [-0.05, 0) is 25.3 Å². The van der Waals surface area contributed by atoms with Gasteiger partial charge in [0.05, 0.1) is 18.4 Å². The maximum absolute atomic E-state index is 10.6. The van der Waals surface area contributed by atoms with Crippen molar-refractivity contribution < 1.29 is 19.7 Å². The van der Waals surface area contributed by atoms with E-state index in [1.165, 1.54) is 18.5 Å². The lowest BCUT2D eigenvalue weighted by Crippen LogP contribution is -2.01. The molecule has 1 aromatic heterocycles. The fourth-order valence-electron chi connectivity index (χ4n) is 1.20. The lowest BCUT2D eigenvalue weighted by Gasteiger charge is -2.05. The average Bonchev–Trinajstić information content (AvgIpc) is 2.29. The van der Waals surface area contributed by atoms with E-state index in [1.54, 1.807) is 0 Å². The maximum Gasteiger partial charge on any atom is 0.337 e. The number of aliphatic hydroxyl groups excluding tert-OH is 1. The standard InChI is InChI=1S/C11H15NO4/c13-4-2-1-3-5-16-10-6-9(11(14)15)7-12-8-10/h6-8,13H,1-5H2,(H,14,15). The minimum absolute atomic E-state index is 0.118. The van der Waals surface area contributed by atoms with Crippen molar-refractivity contribution in [2.24, 2.45) is 0 Å². The molecule has 0 aromatic carbocycles. The van der Waals surface area contributed by atoms with Crippen molar-refractivity contribution in [2.75, 3.05) is 13.2 Å². The summed E-state index contributed by atoms with van der Waals surface area (Å²) < 4.78 is 5.34. The summed E-state index contributed by atoms with van der Waals surface area (Å²) >= 11 is 0. The zero-order chi connectivity index (χ0) is 11.8. The van der Waals surface area contributed by atoms with Gasteiger partial charge < -0.3 is 14.9 Å². The van der Waals surface area contributed by atoms with Gasteiger partial charge in [-0.3, -0.25) is 4.98 Å². The van der Waals surface area contributed by atoms with Crippen LogP contribution in [0, 0.1) is 0 Å². The number of unbranched alkanes of at least 4 members (excludes halogenated alkanes) is 2. The second-order valence-corrected chi connectivity index (χ2v) is 3.35. The molecular weight excluding hydrogens is 210 g/mol. The van der Waals surface area contributed by atoms with E-state index in [1.807, 2.05) is 0 Å². The number of aromatic carboxylic acids is 1. The van der Waals surface area contributed by atoms with E-state index < -0.39 is 5.97 Å². The Bertz CT molecular complexity index is 341. The number of hydrogen-bond acceptors (Lipinski definition) is 4. The van der Waals surface area contributed by atoms with Gasteiger partial charge in [0.25, 0.3) is 0 Å². The molecule has 0 atom stereocenters. The molecule has 0 unspecified atom stereocenters. The number of carboxylic acids is 1. The Morgan fingerprint density at radius 2 is 2.12 bits per heavy atom. The average molecular weight is 225 g/mol. The minimum atomic E-state index is -1.02. The zero-order valence-corrected chi connectivity index (χ0v) is 8.93. The van der Waals surface area contributed by atoms with Gasteiger partial charge in [-0.25, -0.2) is 4.79 Å². The molecule has 88 valence electrons. The molecule has 0 fully saturated rings. The van der Waals surface area contributed by atoms with Crippen molar-refractivity contribution in [3.63, 3.8) is 0 Å². The van der Waals surface area contributed by atoms with Gasteiger partial charge in [-0.1, -0.05) is 0 Å². The molecule has 0 aliphatic rings. The van der Waals surface area contributed by atoms with Crippen LogP contribution in [-0.2, 0) is 0 Å². The summed E-state index contributed by atoms with van der Waals surface area (Å²) in [6.07, 6.45) is 5.25. The van der Waals surface area contributed by atoms with Crippen molar-refractivity contribution >= 4 is 5.97 Å². The number of carboxylic acid groups (broad SMARTS) is 1. The molecular formula is C11H15NO4. The van der Waals surface area contributed by atoms with Crippen LogP contribution in [0.3, 0.4) is 0 Å². The largest absolute Gasteiger partial charge is 0.492 e. The number of pyridine rings is 1. The SMILES string of the molecule is O=C(O)c1cncc(OCCCCCO)c1. The molecule has 2 N–H and O–H groups in total. The van der Waals surface area contributed by atoms with E-state index in [0.717, 1.165) is 19.3 Å². The highest BCUT2D eigenvalue weighted by molar-refractivity contribution is 5.87. The summed E-state index contributed by atoms with van der Waals surface area (Å²) in [5.41, 5.74) is 0.118. The van der Waals surface area contributed by atoms with Crippen LogP contribution >= 0.6 is 0 Å². The summed E-state index contributed by atoms with van der Waals surface area (Å²) in [6.45, 7) is 0.695. The van der Waals surface area contributed by atoms with E-state index in [4.69, 9.17) is 14.9 Å². The highest BCUT2D eigenvalue weighted by atomic mass is 16.5. The summed E-state index contributed by atoms with van der Waals surface area (Å²) in [6, 6.07) is 1.45. The smallest absolute Gasteiger partial charge is 0.337 e. The Kier molecular flexibility index (Phi) is 5.28. The summed E-state index contributed by atoms with van der Waals surface area (Å²) in [5.74, 6) is -0.554. The molecule has 0 spiro atoms. The molecule has 1 rings (SSSR count). The van der Waals surface area contributed by atoms with Crippen LogP contribution in [0.5, 0.6) is 5.75 Å². The van der Waals surface area contributed by atoms with Crippen LogP contribution in [0.4, 0.5) is 0 Å². The van der Waals surface area contributed by atoms with Gasteiger partial charge in [0, 0.05) is 12.8 Å². The first kappa shape index (κ1) is 12.4. The molecule has 1 heterocycles. The lowest BCUT2D eigenvalue weighted by atomic mass is 10.2. The Balaban J connectivity index is 2.36. The van der Waals surface area contributed by atoms with Crippen molar-refractivity contribution in [1.82, 2.24) is 4.98 Å². The third kappa shape index (κ3) is 4.27. The van der Waals surface area contributed by atoms with Crippen LogP contribution in [0.25, 0.3) is 0 Å². The minimum Gasteiger partial charge on any atom is -0.492 e. The molecule has 0 aliphatic carbocycles. The quantitative estimate of drug-likeness (QED) is 0.684.